The molecular formula is C23H30ClN3O5S. The number of sulfonamides is 1. The number of fused-ring (bicyclic) bond motifs is 1. The van der Waals surface area contributed by atoms with Gasteiger partial charge >= 0.3 is 0 Å². The molecule has 2 aromatic carbocycles. The van der Waals surface area contributed by atoms with Crippen LogP contribution in [0.25, 0.3) is 0 Å². The molecule has 0 aliphatic carbocycles. The number of benzene rings is 2. The molecule has 33 heavy (non-hydrogen) atoms. The lowest BCUT2D eigenvalue weighted by Gasteiger charge is -2.32. The van der Waals surface area contributed by atoms with Crippen molar-refractivity contribution in [3.05, 3.63) is 53.1 Å². The van der Waals surface area contributed by atoms with E-state index in [9.17, 15) is 18.3 Å². The van der Waals surface area contributed by atoms with Gasteiger partial charge in [0.05, 0.1) is 24.0 Å². The number of likely N-dealkylation sites (N-methyl/N-ethyl adjacent to an activating group) is 1. The molecule has 1 heterocycles. The predicted octanol–water partition coefficient (Wildman–Crippen LogP) is 2.51. The monoisotopic (exact) mass is 495 g/mol. The molecule has 0 spiro atoms. The summed E-state index contributed by atoms with van der Waals surface area (Å²) in [7, 11) is -2.01. The fraction of sp³-hybridized carbons (Fsp3) is 0.435. The van der Waals surface area contributed by atoms with Crippen LogP contribution in [0.5, 0.6) is 5.75 Å². The number of hydrogen-bond acceptors (Lipinski definition) is 6. The van der Waals surface area contributed by atoms with Crippen molar-refractivity contribution < 1.29 is 23.1 Å². The highest BCUT2D eigenvalue weighted by Gasteiger charge is 2.30. The third kappa shape index (κ3) is 6.17. The van der Waals surface area contributed by atoms with Crippen molar-refractivity contribution in [1.82, 2.24) is 10.2 Å². The van der Waals surface area contributed by atoms with Crippen LogP contribution in [-0.4, -0.2) is 63.2 Å². The molecule has 3 N–H and O–H groups in total. The average Bonchev–Trinajstić information content (AvgIpc) is 2.81. The van der Waals surface area contributed by atoms with Crippen molar-refractivity contribution in [2.24, 2.45) is 5.92 Å². The third-order valence-electron chi connectivity index (χ3n) is 5.70. The number of carbonyl (C=O) groups is 1. The molecule has 0 saturated heterocycles. The van der Waals surface area contributed by atoms with Crippen molar-refractivity contribution in [2.45, 2.75) is 37.3 Å². The molecular weight excluding hydrogens is 466 g/mol. The smallest absolute Gasteiger partial charge is 0.261 e. The van der Waals surface area contributed by atoms with E-state index >= 15 is 0 Å². The van der Waals surface area contributed by atoms with Gasteiger partial charge in [-0.1, -0.05) is 18.5 Å². The van der Waals surface area contributed by atoms with Crippen LogP contribution < -0.4 is 14.8 Å². The Balaban J connectivity index is 1.95. The molecule has 1 aliphatic heterocycles. The van der Waals surface area contributed by atoms with Gasteiger partial charge in [-0.15, -0.1) is 0 Å². The van der Waals surface area contributed by atoms with Crippen molar-refractivity contribution >= 4 is 33.2 Å². The minimum atomic E-state index is -3.84. The van der Waals surface area contributed by atoms with Crippen molar-refractivity contribution in [2.75, 3.05) is 31.5 Å². The zero-order valence-electron chi connectivity index (χ0n) is 18.9. The summed E-state index contributed by atoms with van der Waals surface area (Å²) in [6.07, 6.45) is -0.195. The summed E-state index contributed by atoms with van der Waals surface area (Å²) in [6.45, 7) is 4.67. The van der Waals surface area contributed by atoms with E-state index in [0.29, 0.717) is 35.1 Å². The number of nitrogens with one attached hydrogen (secondary N) is 2. The average molecular weight is 496 g/mol. The van der Waals surface area contributed by atoms with E-state index in [-0.39, 0.29) is 41.9 Å². The first-order valence-electron chi connectivity index (χ1n) is 10.8. The van der Waals surface area contributed by atoms with Crippen LogP contribution in [0, 0.1) is 5.92 Å². The number of anilines is 1. The normalized spacial score (nSPS) is 20.2. The van der Waals surface area contributed by atoms with Crippen molar-refractivity contribution in [1.29, 1.82) is 0 Å². The van der Waals surface area contributed by atoms with Gasteiger partial charge in [0, 0.05) is 35.3 Å². The fourth-order valence-electron chi connectivity index (χ4n) is 3.77. The zero-order chi connectivity index (χ0) is 24.2. The fourth-order valence-corrected chi connectivity index (χ4v) is 4.94. The summed E-state index contributed by atoms with van der Waals surface area (Å²) >= 11 is 5.86. The van der Waals surface area contributed by atoms with Gasteiger partial charge in [0.2, 0.25) is 5.91 Å². The van der Waals surface area contributed by atoms with Gasteiger partial charge in [-0.25, -0.2) is 8.42 Å². The molecule has 3 atom stereocenters. The van der Waals surface area contributed by atoms with Gasteiger partial charge in [-0.2, -0.15) is 0 Å². The Kier molecular flexibility index (Phi) is 8.23. The summed E-state index contributed by atoms with van der Waals surface area (Å²) in [5, 5.41) is 13.2. The molecule has 10 heteroatoms. The van der Waals surface area contributed by atoms with E-state index < -0.39 is 10.0 Å². The molecule has 180 valence electrons. The molecule has 0 unspecified atom stereocenters. The number of rotatable bonds is 7. The highest BCUT2D eigenvalue weighted by molar-refractivity contribution is 7.92. The zero-order valence-corrected chi connectivity index (χ0v) is 20.5. The van der Waals surface area contributed by atoms with Crippen molar-refractivity contribution in [3.8, 4) is 5.75 Å². The number of nitrogens with zero attached hydrogens (tertiary/aromatic N) is 1. The van der Waals surface area contributed by atoms with Crippen molar-refractivity contribution in [3.63, 3.8) is 0 Å². The van der Waals surface area contributed by atoms with E-state index in [1.807, 2.05) is 14.0 Å². The molecule has 2 aromatic rings. The van der Waals surface area contributed by atoms with Crippen LogP contribution in [-0.2, 0) is 21.2 Å². The first-order valence-corrected chi connectivity index (χ1v) is 12.6. The Morgan fingerprint density at radius 3 is 2.58 bits per heavy atom. The quantitative estimate of drug-likeness (QED) is 0.544. The van der Waals surface area contributed by atoms with E-state index in [0.717, 1.165) is 0 Å². The summed E-state index contributed by atoms with van der Waals surface area (Å²) in [5.41, 5.74) is 0.890. The number of aliphatic hydroxyl groups is 1. The Labute approximate surface area is 199 Å². The SMILES string of the molecule is CNC[C@H]1Oc2ccc(NS(=O)(=O)c3ccc(Cl)cc3)cc2CC(=O)N([C@H](C)CO)C[C@H]1C. The number of carbonyl (C=O) groups excluding carboxylic acids is 1. The van der Waals surface area contributed by atoms with Crippen LogP contribution in [0.1, 0.15) is 19.4 Å². The second-order valence-corrected chi connectivity index (χ2v) is 10.4. The highest BCUT2D eigenvalue weighted by atomic mass is 35.5. The number of amides is 1. The van der Waals surface area contributed by atoms with Gasteiger partial charge in [0.15, 0.2) is 0 Å². The number of aliphatic hydroxyl groups excluding tert-OH is 1. The van der Waals surface area contributed by atoms with Crippen LogP contribution in [0.2, 0.25) is 5.02 Å². The van der Waals surface area contributed by atoms with Gasteiger partial charge in [-0.05, 0) is 56.4 Å². The van der Waals surface area contributed by atoms with E-state index in [1.165, 1.54) is 24.3 Å². The van der Waals surface area contributed by atoms with Gasteiger partial charge < -0.3 is 20.1 Å². The summed E-state index contributed by atoms with van der Waals surface area (Å²) in [6, 6.07) is 10.4. The van der Waals surface area contributed by atoms with Crippen LogP contribution in [0.4, 0.5) is 5.69 Å². The Bertz CT molecular complexity index is 1080. The Morgan fingerprint density at radius 2 is 1.94 bits per heavy atom. The number of halogens is 1. The second-order valence-electron chi connectivity index (χ2n) is 8.33. The maximum absolute atomic E-state index is 13.1. The standard InChI is InChI=1S/C23H30ClN3O5S/c1-15-13-27(16(2)14-28)23(29)11-17-10-19(6-9-21(17)32-22(15)12-25-3)26-33(30,31)20-7-4-18(24)5-8-20/h4-10,15-16,22,25-26,28H,11-14H2,1-3H3/t15-,16-,22-/m1/s1. The van der Waals surface area contributed by atoms with Crippen LogP contribution in [0.15, 0.2) is 47.4 Å². The minimum Gasteiger partial charge on any atom is -0.488 e. The van der Waals surface area contributed by atoms with Crippen LogP contribution >= 0.6 is 11.6 Å². The summed E-state index contributed by atoms with van der Waals surface area (Å²) in [5.74, 6) is 0.379. The van der Waals surface area contributed by atoms with Crippen LogP contribution in [0.3, 0.4) is 0 Å². The molecule has 3 rings (SSSR count). The molecule has 0 radical (unpaired) electrons. The largest absolute Gasteiger partial charge is 0.488 e. The van der Waals surface area contributed by atoms with E-state index in [4.69, 9.17) is 16.3 Å². The first-order chi connectivity index (χ1) is 15.6. The molecule has 1 amide bonds. The van der Waals surface area contributed by atoms with Gasteiger partial charge in [0.1, 0.15) is 11.9 Å². The maximum Gasteiger partial charge on any atom is 0.261 e. The lowest BCUT2D eigenvalue weighted by Crippen LogP contribution is -2.47. The third-order valence-corrected chi connectivity index (χ3v) is 7.35. The molecule has 0 saturated carbocycles. The molecule has 8 nitrogen and oxygen atoms in total. The highest BCUT2D eigenvalue weighted by Crippen LogP contribution is 2.30. The molecule has 0 aromatic heterocycles. The molecule has 1 aliphatic rings. The van der Waals surface area contributed by atoms with Gasteiger partial charge in [0.25, 0.3) is 10.0 Å². The summed E-state index contributed by atoms with van der Waals surface area (Å²) < 4.78 is 34.4. The maximum atomic E-state index is 13.1. The lowest BCUT2D eigenvalue weighted by molar-refractivity contribution is -0.134. The number of hydrogen-bond donors (Lipinski definition) is 3. The minimum absolute atomic E-state index is 0.00411. The Hall–Kier alpha value is -2.33. The number of ether oxygens (including phenoxy) is 1. The first kappa shape index (κ1) is 25.3. The second kappa shape index (κ2) is 10.7. The topological polar surface area (TPSA) is 108 Å². The van der Waals surface area contributed by atoms with E-state index in [1.54, 1.807) is 30.0 Å². The van der Waals surface area contributed by atoms with Gasteiger partial charge in [-0.3, -0.25) is 9.52 Å². The summed E-state index contributed by atoms with van der Waals surface area (Å²) in [4.78, 5) is 14.9. The Morgan fingerprint density at radius 1 is 1.24 bits per heavy atom. The predicted molar refractivity (Wildman–Crippen MR) is 128 cm³/mol. The molecule has 0 fully saturated rings. The van der Waals surface area contributed by atoms with E-state index in [2.05, 4.69) is 10.0 Å². The lowest BCUT2D eigenvalue weighted by atomic mass is 10.0. The molecule has 0 bridgehead atoms.